The van der Waals surface area contributed by atoms with E-state index >= 15 is 0 Å². The molecule has 0 saturated carbocycles. The summed E-state index contributed by atoms with van der Waals surface area (Å²) in [5.74, 6) is 0.596. The third-order valence-electron chi connectivity index (χ3n) is 2.56. The highest BCUT2D eigenvalue weighted by Gasteiger charge is 2.15. The molecular formula is C14H19ClO2. The lowest BCUT2D eigenvalue weighted by atomic mass is 10.1. The molecule has 1 aromatic carbocycles. The van der Waals surface area contributed by atoms with E-state index in [1.165, 1.54) is 0 Å². The van der Waals surface area contributed by atoms with Gasteiger partial charge in [-0.2, -0.15) is 0 Å². The largest absolute Gasteiger partial charge is 0.370 e. The first-order chi connectivity index (χ1) is 8.00. The molecule has 1 aromatic rings. The highest BCUT2D eigenvalue weighted by molar-refractivity contribution is 6.30. The molecule has 0 amide bonds. The van der Waals surface area contributed by atoms with E-state index in [4.69, 9.17) is 16.3 Å². The van der Waals surface area contributed by atoms with Crippen LogP contribution < -0.4 is 0 Å². The van der Waals surface area contributed by atoms with E-state index in [0.29, 0.717) is 23.1 Å². The van der Waals surface area contributed by atoms with Gasteiger partial charge in [-0.25, -0.2) is 0 Å². The number of carbonyl (C=O) groups excluding carboxylic acids is 1. The monoisotopic (exact) mass is 254 g/mol. The van der Waals surface area contributed by atoms with Crippen LogP contribution in [0.25, 0.3) is 0 Å². The second-order valence-electron chi connectivity index (χ2n) is 4.57. The smallest absolute Gasteiger partial charge is 0.191 e. The van der Waals surface area contributed by atoms with E-state index in [2.05, 4.69) is 13.8 Å². The summed E-state index contributed by atoms with van der Waals surface area (Å²) in [4.78, 5) is 12.0. The van der Waals surface area contributed by atoms with Gasteiger partial charge >= 0.3 is 0 Å². The lowest BCUT2D eigenvalue weighted by Gasteiger charge is -2.13. The van der Waals surface area contributed by atoms with Gasteiger partial charge in [0.25, 0.3) is 0 Å². The quantitative estimate of drug-likeness (QED) is 0.718. The molecule has 0 spiro atoms. The first-order valence-electron chi connectivity index (χ1n) is 5.92. The second-order valence-corrected chi connectivity index (χ2v) is 5.00. The van der Waals surface area contributed by atoms with Crippen molar-refractivity contribution in [2.24, 2.45) is 5.92 Å². The summed E-state index contributed by atoms with van der Waals surface area (Å²) in [5.41, 5.74) is 0.645. The SMILES string of the molecule is CC(C)CCOC(C)C(=O)c1ccc(Cl)cc1. The number of hydrogen-bond acceptors (Lipinski definition) is 2. The molecule has 1 unspecified atom stereocenters. The van der Waals surface area contributed by atoms with Crippen LogP contribution in [0.15, 0.2) is 24.3 Å². The van der Waals surface area contributed by atoms with Gasteiger partial charge in [0.05, 0.1) is 0 Å². The lowest BCUT2D eigenvalue weighted by Crippen LogP contribution is -2.21. The predicted octanol–water partition coefficient (Wildman–Crippen LogP) is 3.97. The van der Waals surface area contributed by atoms with E-state index in [1.807, 2.05) is 0 Å². The molecule has 1 atom stereocenters. The molecule has 0 aliphatic rings. The predicted molar refractivity (Wildman–Crippen MR) is 70.7 cm³/mol. The van der Waals surface area contributed by atoms with Crippen molar-refractivity contribution in [3.8, 4) is 0 Å². The number of rotatable bonds is 6. The van der Waals surface area contributed by atoms with Gasteiger partial charge < -0.3 is 4.74 Å². The molecule has 0 radical (unpaired) electrons. The third kappa shape index (κ3) is 4.88. The molecule has 17 heavy (non-hydrogen) atoms. The van der Waals surface area contributed by atoms with Crippen LogP contribution in [-0.2, 0) is 4.74 Å². The van der Waals surface area contributed by atoms with Crippen LogP contribution in [0.1, 0.15) is 37.6 Å². The summed E-state index contributed by atoms with van der Waals surface area (Å²) in [7, 11) is 0. The van der Waals surface area contributed by atoms with Crippen LogP contribution in [0.4, 0.5) is 0 Å². The Kier molecular flexibility index (Phi) is 5.66. The van der Waals surface area contributed by atoms with Gasteiger partial charge in [0.15, 0.2) is 5.78 Å². The number of Topliss-reactive ketones (excluding diaryl/α,β-unsaturated/α-hetero) is 1. The Morgan fingerprint density at radius 3 is 2.35 bits per heavy atom. The van der Waals surface area contributed by atoms with Crippen molar-refractivity contribution in [1.29, 1.82) is 0 Å². The van der Waals surface area contributed by atoms with E-state index in [-0.39, 0.29) is 5.78 Å². The summed E-state index contributed by atoms with van der Waals surface area (Å²) in [6.07, 6.45) is 0.577. The topological polar surface area (TPSA) is 26.3 Å². The van der Waals surface area contributed by atoms with Crippen molar-refractivity contribution in [2.75, 3.05) is 6.61 Å². The van der Waals surface area contributed by atoms with Crippen molar-refractivity contribution in [2.45, 2.75) is 33.3 Å². The van der Waals surface area contributed by atoms with Crippen molar-refractivity contribution in [3.05, 3.63) is 34.9 Å². The highest BCUT2D eigenvalue weighted by atomic mass is 35.5. The van der Waals surface area contributed by atoms with Gasteiger partial charge in [-0.15, -0.1) is 0 Å². The van der Waals surface area contributed by atoms with Crippen LogP contribution >= 0.6 is 11.6 Å². The number of benzene rings is 1. The standard InChI is InChI=1S/C14H19ClO2/c1-10(2)8-9-17-11(3)14(16)12-4-6-13(15)7-5-12/h4-7,10-11H,8-9H2,1-3H3. The molecule has 0 fully saturated rings. The van der Waals surface area contributed by atoms with E-state index in [1.54, 1.807) is 31.2 Å². The highest BCUT2D eigenvalue weighted by Crippen LogP contribution is 2.12. The first kappa shape index (κ1) is 14.2. The zero-order valence-corrected chi connectivity index (χ0v) is 11.3. The number of carbonyl (C=O) groups is 1. The molecule has 3 heteroatoms. The molecule has 94 valence electrons. The Hall–Kier alpha value is -0.860. The lowest BCUT2D eigenvalue weighted by molar-refractivity contribution is 0.0443. The number of ketones is 1. The molecule has 0 bridgehead atoms. The number of ether oxygens (including phenoxy) is 1. The fraction of sp³-hybridized carbons (Fsp3) is 0.500. The van der Waals surface area contributed by atoms with Crippen LogP contribution in [-0.4, -0.2) is 18.5 Å². The maximum absolute atomic E-state index is 12.0. The average Bonchev–Trinajstić information content (AvgIpc) is 2.28. The molecule has 0 N–H and O–H groups in total. The van der Waals surface area contributed by atoms with Crippen molar-refractivity contribution in [1.82, 2.24) is 0 Å². The van der Waals surface area contributed by atoms with Crippen molar-refractivity contribution in [3.63, 3.8) is 0 Å². The maximum atomic E-state index is 12.0. The van der Waals surface area contributed by atoms with Gasteiger partial charge in [0, 0.05) is 17.2 Å². The third-order valence-corrected chi connectivity index (χ3v) is 2.81. The number of hydrogen-bond donors (Lipinski definition) is 0. The summed E-state index contributed by atoms with van der Waals surface area (Å²) >= 11 is 5.77. The Morgan fingerprint density at radius 2 is 1.82 bits per heavy atom. The Balaban J connectivity index is 2.49. The summed E-state index contributed by atoms with van der Waals surface area (Å²) in [6.45, 7) is 6.68. The zero-order chi connectivity index (χ0) is 12.8. The van der Waals surface area contributed by atoms with Gasteiger partial charge in [-0.05, 0) is 43.5 Å². The Morgan fingerprint density at radius 1 is 1.24 bits per heavy atom. The maximum Gasteiger partial charge on any atom is 0.191 e. The van der Waals surface area contributed by atoms with E-state index in [0.717, 1.165) is 6.42 Å². The van der Waals surface area contributed by atoms with E-state index in [9.17, 15) is 4.79 Å². The summed E-state index contributed by atoms with van der Waals surface area (Å²) in [6, 6.07) is 6.89. The Labute approximate surface area is 108 Å². The second kappa shape index (κ2) is 6.77. The first-order valence-corrected chi connectivity index (χ1v) is 6.30. The molecule has 0 heterocycles. The summed E-state index contributed by atoms with van der Waals surface area (Å²) < 4.78 is 5.52. The van der Waals surface area contributed by atoms with Crippen LogP contribution in [0, 0.1) is 5.92 Å². The molecule has 1 rings (SSSR count). The molecular weight excluding hydrogens is 236 g/mol. The van der Waals surface area contributed by atoms with Crippen LogP contribution in [0.5, 0.6) is 0 Å². The fourth-order valence-electron chi connectivity index (χ4n) is 1.41. The van der Waals surface area contributed by atoms with Gasteiger partial charge in [-0.1, -0.05) is 25.4 Å². The van der Waals surface area contributed by atoms with Gasteiger partial charge in [-0.3, -0.25) is 4.79 Å². The fourth-order valence-corrected chi connectivity index (χ4v) is 1.53. The van der Waals surface area contributed by atoms with Crippen LogP contribution in [0.2, 0.25) is 5.02 Å². The minimum atomic E-state index is -0.394. The number of halogens is 1. The van der Waals surface area contributed by atoms with Gasteiger partial charge in [0.2, 0.25) is 0 Å². The van der Waals surface area contributed by atoms with Crippen LogP contribution in [0.3, 0.4) is 0 Å². The molecule has 0 aliphatic carbocycles. The molecule has 0 saturated heterocycles. The minimum Gasteiger partial charge on any atom is -0.370 e. The molecule has 2 nitrogen and oxygen atoms in total. The zero-order valence-electron chi connectivity index (χ0n) is 10.6. The van der Waals surface area contributed by atoms with E-state index < -0.39 is 6.10 Å². The molecule has 0 aliphatic heterocycles. The van der Waals surface area contributed by atoms with Gasteiger partial charge in [0.1, 0.15) is 6.10 Å². The normalized spacial score (nSPS) is 12.8. The van der Waals surface area contributed by atoms with Crippen molar-refractivity contribution >= 4 is 17.4 Å². The summed E-state index contributed by atoms with van der Waals surface area (Å²) in [5, 5.41) is 0.634. The van der Waals surface area contributed by atoms with Crippen molar-refractivity contribution < 1.29 is 9.53 Å². The Bertz CT molecular complexity index is 357. The molecule has 0 aromatic heterocycles. The minimum absolute atomic E-state index is 0.00502. The average molecular weight is 255 g/mol.